The molecule has 0 aliphatic carbocycles. The van der Waals surface area contributed by atoms with Gasteiger partial charge in [0.1, 0.15) is 12.2 Å². The Hall–Kier alpha value is -2.76. The molecule has 0 bridgehead atoms. The molecule has 1 aromatic carbocycles. The maximum atomic E-state index is 4.63. The van der Waals surface area contributed by atoms with Crippen LogP contribution in [0.4, 0.5) is 0 Å². The first kappa shape index (κ1) is 14.8. The molecule has 0 saturated carbocycles. The van der Waals surface area contributed by atoms with Crippen molar-refractivity contribution in [3.8, 4) is 5.69 Å². The lowest BCUT2D eigenvalue weighted by Crippen LogP contribution is -2.16. The zero-order valence-corrected chi connectivity index (χ0v) is 14.6. The van der Waals surface area contributed by atoms with E-state index in [4.69, 9.17) is 0 Å². The van der Waals surface area contributed by atoms with Crippen molar-refractivity contribution in [2.45, 2.75) is 40.0 Å². The maximum absolute atomic E-state index is 4.63. The predicted molar refractivity (Wildman–Crippen MR) is 93.6 cm³/mol. The quantitative estimate of drug-likeness (QED) is 0.539. The van der Waals surface area contributed by atoms with Crippen LogP contribution in [0.2, 0.25) is 0 Å². The Kier molecular flexibility index (Phi) is 3.00. The highest BCUT2D eigenvalue weighted by molar-refractivity contribution is 5.89. The van der Waals surface area contributed by atoms with E-state index < -0.39 is 0 Å². The van der Waals surface area contributed by atoms with Gasteiger partial charge in [-0.05, 0) is 37.1 Å². The normalized spacial score (nSPS) is 12.4. The third-order valence-corrected chi connectivity index (χ3v) is 4.10. The number of hydrogen-bond acceptors (Lipinski definition) is 4. The van der Waals surface area contributed by atoms with E-state index in [1.165, 1.54) is 11.1 Å². The molecule has 3 aromatic heterocycles. The summed E-state index contributed by atoms with van der Waals surface area (Å²) in [5, 5.41) is 14.2. The largest absolute Gasteiger partial charge is 0.268 e. The molecule has 6 nitrogen and oxygen atoms in total. The SMILES string of the molecule is Cc1cc(C)cc(-n2ncc3c2ncn2c(C(C)(C)C)nnc32)c1. The highest BCUT2D eigenvalue weighted by Gasteiger charge is 2.22. The molecule has 0 amide bonds. The molecule has 0 fully saturated rings. The van der Waals surface area contributed by atoms with Crippen molar-refractivity contribution in [2.24, 2.45) is 0 Å². The van der Waals surface area contributed by atoms with Crippen LogP contribution >= 0.6 is 0 Å². The third-order valence-electron chi connectivity index (χ3n) is 4.10. The second-order valence-electron chi connectivity index (χ2n) is 7.35. The van der Waals surface area contributed by atoms with Crippen molar-refractivity contribution in [2.75, 3.05) is 0 Å². The van der Waals surface area contributed by atoms with Crippen molar-refractivity contribution in [3.05, 3.63) is 47.7 Å². The van der Waals surface area contributed by atoms with E-state index in [0.29, 0.717) is 0 Å². The van der Waals surface area contributed by atoms with E-state index in [1.807, 2.05) is 15.3 Å². The lowest BCUT2D eigenvalue weighted by molar-refractivity contribution is 0.537. The molecule has 6 heteroatoms. The number of fused-ring (bicyclic) bond motifs is 3. The Labute approximate surface area is 140 Å². The predicted octanol–water partition coefficient (Wildman–Crippen LogP) is 3.38. The standard InChI is InChI=1S/C18H20N6/c1-11-6-12(2)8-13(7-11)24-15-14(9-20-24)16-21-22-17(18(3,4)5)23(16)10-19-15/h6-10H,1-5H3. The van der Waals surface area contributed by atoms with Crippen molar-refractivity contribution >= 4 is 16.7 Å². The summed E-state index contributed by atoms with van der Waals surface area (Å²) in [6.07, 6.45) is 3.61. The average molecular weight is 320 g/mol. The molecule has 3 heterocycles. The lowest BCUT2D eigenvalue weighted by atomic mass is 9.96. The maximum Gasteiger partial charge on any atom is 0.174 e. The Morgan fingerprint density at radius 2 is 1.62 bits per heavy atom. The topological polar surface area (TPSA) is 60.9 Å². The minimum absolute atomic E-state index is 0.0988. The second kappa shape index (κ2) is 4.87. The van der Waals surface area contributed by atoms with Crippen molar-refractivity contribution in [1.29, 1.82) is 0 Å². The first-order valence-electron chi connectivity index (χ1n) is 8.01. The molecule has 0 unspecified atom stereocenters. The summed E-state index contributed by atoms with van der Waals surface area (Å²) in [6.45, 7) is 10.5. The summed E-state index contributed by atoms with van der Waals surface area (Å²) in [7, 11) is 0. The van der Waals surface area contributed by atoms with E-state index >= 15 is 0 Å². The Morgan fingerprint density at radius 1 is 0.917 bits per heavy atom. The van der Waals surface area contributed by atoms with Crippen LogP contribution in [0.5, 0.6) is 0 Å². The molecule has 4 aromatic rings. The van der Waals surface area contributed by atoms with Crippen molar-refractivity contribution in [3.63, 3.8) is 0 Å². The van der Waals surface area contributed by atoms with Crippen molar-refractivity contribution < 1.29 is 0 Å². The van der Waals surface area contributed by atoms with Crippen LogP contribution in [0.3, 0.4) is 0 Å². The van der Waals surface area contributed by atoms with Gasteiger partial charge in [0.05, 0.1) is 17.3 Å². The molecule has 4 rings (SSSR count). The van der Waals surface area contributed by atoms with Gasteiger partial charge < -0.3 is 0 Å². The minimum Gasteiger partial charge on any atom is -0.268 e. The van der Waals surface area contributed by atoms with Crippen LogP contribution in [-0.2, 0) is 5.41 Å². The van der Waals surface area contributed by atoms with Crippen LogP contribution in [-0.4, -0.2) is 29.4 Å². The Morgan fingerprint density at radius 3 is 2.29 bits per heavy atom. The molecular formula is C18H20N6. The first-order chi connectivity index (χ1) is 11.3. The summed E-state index contributed by atoms with van der Waals surface area (Å²) < 4.78 is 3.82. The van der Waals surface area contributed by atoms with Gasteiger partial charge in [-0.25, -0.2) is 9.67 Å². The fourth-order valence-corrected chi connectivity index (χ4v) is 3.09. The van der Waals surface area contributed by atoms with E-state index in [0.717, 1.165) is 28.2 Å². The van der Waals surface area contributed by atoms with Gasteiger partial charge in [-0.3, -0.25) is 4.40 Å². The van der Waals surface area contributed by atoms with E-state index in [-0.39, 0.29) is 5.41 Å². The summed E-state index contributed by atoms with van der Waals surface area (Å²) in [4.78, 5) is 4.63. The molecule has 0 radical (unpaired) electrons. The van der Waals surface area contributed by atoms with Gasteiger partial charge in [-0.15, -0.1) is 10.2 Å². The zero-order valence-electron chi connectivity index (χ0n) is 14.6. The zero-order chi connectivity index (χ0) is 17.1. The Balaban J connectivity index is 1.98. The van der Waals surface area contributed by atoms with E-state index in [2.05, 4.69) is 73.1 Å². The van der Waals surface area contributed by atoms with Gasteiger partial charge in [-0.2, -0.15) is 5.10 Å². The van der Waals surface area contributed by atoms with Crippen LogP contribution in [0.25, 0.3) is 22.4 Å². The Bertz CT molecular complexity index is 1040. The summed E-state index contributed by atoms with van der Waals surface area (Å²) in [6, 6.07) is 6.36. The molecule has 0 spiro atoms. The fraction of sp³-hybridized carbons (Fsp3) is 0.333. The number of aryl methyl sites for hydroxylation is 2. The molecule has 24 heavy (non-hydrogen) atoms. The summed E-state index contributed by atoms with van der Waals surface area (Å²) >= 11 is 0. The summed E-state index contributed by atoms with van der Waals surface area (Å²) in [5.74, 6) is 0.894. The first-order valence-corrected chi connectivity index (χ1v) is 8.01. The number of rotatable bonds is 1. The minimum atomic E-state index is -0.0988. The summed E-state index contributed by atoms with van der Waals surface area (Å²) in [5.41, 5.74) is 4.90. The molecule has 0 N–H and O–H groups in total. The van der Waals surface area contributed by atoms with Crippen LogP contribution in [0, 0.1) is 13.8 Å². The highest BCUT2D eigenvalue weighted by Crippen LogP contribution is 2.25. The molecule has 0 saturated heterocycles. The van der Waals surface area contributed by atoms with Gasteiger partial charge >= 0.3 is 0 Å². The molecule has 122 valence electrons. The van der Waals surface area contributed by atoms with Crippen LogP contribution in [0.15, 0.2) is 30.7 Å². The number of nitrogens with zero attached hydrogens (tertiary/aromatic N) is 6. The molecule has 0 atom stereocenters. The van der Waals surface area contributed by atoms with Gasteiger partial charge in [0, 0.05) is 5.41 Å². The highest BCUT2D eigenvalue weighted by atomic mass is 15.3. The van der Waals surface area contributed by atoms with E-state index in [9.17, 15) is 0 Å². The fourth-order valence-electron chi connectivity index (χ4n) is 3.09. The molecule has 0 aliphatic heterocycles. The molecule has 0 aliphatic rings. The average Bonchev–Trinajstić information content (AvgIpc) is 3.09. The monoisotopic (exact) mass is 320 g/mol. The molecular weight excluding hydrogens is 300 g/mol. The van der Waals surface area contributed by atoms with Gasteiger partial charge in [0.2, 0.25) is 0 Å². The van der Waals surface area contributed by atoms with Crippen LogP contribution in [0.1, 0.15) is 37.7 Å². The smallest absolute Gasteiger partial charge is 0.174 e. The number of hydrogen-bond donors (Lipinski definition) is 0. The van der Waals surface area contributed by atoms with Gasteiger partial charge in [0.25, 0.3) is 0 Å². The van der Waals surface area contributed by atoms with Gasteiger partial charge in [0.15, 0.2) is 11.3 Å². The van der Waals surface area contributed by atoms with Crippen molar-refractivity contribution in [1.82, 2.24) is 29.4 Å². The number of aromatic nitrogens is 6. The number of benzene rings is 1. The van der Waals surface area contributed by atoms with E-state index in [1.54, 1.807) is 6.33 Å². The second-order valence-corrected chi connectivity index (χ2v) is 7.35. The van der Waals surface area contributed by atoms with Crippen LogP contribution < -0.4 is 0 Å². The lowest BCUT2D eigenvalue weighted by Gasteiger charge is -2.15. The third kappa shape index (κ3) is 2.18. The van der Waals surface area contributed by atoms with Gasteiger partial charge in [-0.1, -0.05) is 26.8 Å².